The second kappa shape index (κ2) is 7.14. The SMILES string of the molecule is Cc1cc(C)nc(OC2CCCN(C(=O)c3nc4nc(C)cc(C)n4n3)C2)n1. The summed E-state index contributed by atoms with van der Waals surface area (Å²) in [5, 5.41) is 4.35. The van der Waals surface area contributed by atoms with E-state index in [0.717, 1.165) is 35.6 Å². The Hall–Kier alpha value is -3.10. The van der Waals surface area contributed by atoms with Gasteiger partial charge in [0.15, 0.2) is 0 Å². The van der Waals surface area contributed by atoms with Crippen molar-refractivity contribution in [1.82, 2.24) is 34.4 Å². The van der Waals surface area contributed by atoms with Crippen LogP contribution in [0.25, 0.3) is 5.78 Å². The Kier molecular flexibility index (Phi) is 4.66. The molecule has 1 aliphatic heterocycles. The standard InChI is InChI=1S/C19H23N7O2/c1-11-8-12(2)22-19(21-11)28-15-6-5-7-25(10-15)17(27)16-23-18-20-13(3)9-14(4)26(18)24-16/h8-9,15H,5-7,10H2,1-4H3. The third kappa shape index (κ3) is 3.64. The lowest BCUT2D eigenvalue weighted by atomic mass is 10.1. The Balaban J connectivity index is 1.51. The largest absolute Gasteiger partial charge is 0.458 e. The number of ether oxygens (including phenoxy) is 1. The van der Waals surface area contributed by atoms with Crippen LogP contribution >= 0.6 is 0 Å². The summed E-state index contributed by atoms with van der Waals surface area (Å²) in [4.78, 5) is 32.0. The maximum Gasteiger partial charge on any atom is 0.317 e. The van der Waals surface area contributed by atoms with Crippen molar-refractivity contribution >= 4 is 11.7 Å². The zero-order valence-corrected chi connectivity index (χ0v) is 16.5. The molecule has 4 rings (SSSR count). The fraction of sp³-hybridized carbons (Fsp3) is 0.474. The Morgan fingerprint density at radius 1 is 1.04 bits per heavy atom. The predicted molar refractivity (Wildman–Crippen MR) is 101 cm³/mol. The van der Waals surface area contributed by atoms with Crippen LogP contribution in [0, 0.1) is 27.7 Å². The first-order valence-corrected chi connectivity index (χ1v) is 9.38. The Morgan fingerprint density at radius 2 is 1.75 bits per heavy atom. The smallest absolute Gasteiger partial charge is 0.317 e. The zero-order valence-electron chi connectivity index (χ0n) is 16.5. The van der Waals surface area contributed by atoms with E-state index in [2.05, 4.69) is 25.0 Å². The van der Waals surface area contributed by atoms with E-state index in [1.54, 1.807) is 9.42 Å². The van der Waals surface area contributed by atoms with Crippen LogP contribution in [0.5, 0.6) is 6.01 Å². The van der Waals surface area contributed by atoms with E-state index in [9.17, 15) is 4.79 Å². The first-order chi connectivity index (χ1) is 13.4. The number of piperidine rings is 1. The number of aromatic nitrogens is 6. The molecular weight excluding hydrogens is 358 g/mol. The van der Waals surface area contributed by atoms with Crippen molar-refractivity contribution in [3.8, 4) is 6.01 Å². The van der Waals surface area contributed by atoms with Crippen molar-refractivity contribution < 1.29 is 9.53 Å². The van der Waals surface area contributed by atoms with Gasteiger partial charge in [-0.15, -0.1) is 5.10 Å². The minimum Gasteiger partial charge on any atom is -0.458 e. The average molecular weight is 381 g/mol. The normalized spacial score (nSPS) is 17.1. The quantitative estimate of drug-likeness (QED) is 0.682. The van der Waals surface area contributed by atoms with E-state index >= 15 is 0 Å². The number of carbonyl (C=O) groups excluding carboxylic acids is 1. The van der Waals surface area contributed by atoms with Gasteiger partial charge in [0, 0.05) is 29.3 Å². The molecule has 3 aromatic rings. The summed E-state index contributed by atoms with van der Waals surface area (Å²) in [6, 6.07) is 4.17. The van der Waals surface area contributed by atoms with Crippen LogP contribution in [0.4, 0.5) is 0 Å². The number of amides is 1. The van der Waals surface area contributed by atoms with Crippen molar-refractivity contribution in [2.24, 2.45) is 0 Å². The molecule has 0 N–H and O–H groups in total. The first kappa shape index (κ1) is 18.3. The molecule has 0 saturated carbocycles. The summed E-state index contributed by atoms with van der Waals surface area (Å²) in [6.07, 6.45) is 1.53. The maximum atomic E-state index is 12.9. The van der Waals surface area contributed by atoms with Gasteiger partial charge < -0.3 is 9.64 Å². The summed E-state index contributed by atoms with van der Waals surface area (Å²) in [5.74, 6) is 0.385. The average Bonchev–Trinajstić information content (AvgIpc) is 3.04. The van der Waals surface area contributed by atoms with Gasteiger partial charge in [-0.25, -0.2) is 19.5 Å². The Bertz CT molecular complexity index is 1030. The van der Waals surface area contributed by atoms with Gasteiger partial charge in [0.1, 0.15) is 6.10 Å². The van der Waals surface area contributed by atoms with E-state index in [4.69, 9.17) is 4.74 Å². The molecule has 9 heteroatoms. The number of nitrogens with zero attached hydrogens (tertiary/aromatic N) is 7. The molecule has 4 heterocycles. The molecule has 0 spiro atoms. The van der Waals surface area contributed by atoms with Crippen LogP contribution in [0.15, 0.2) is 12.1 Å². The Labute approximate surface area is 162 Å². The van der Waals surface area contributed by atoms with Crippen molar-refractivity contribution in [3.05, 3.63) is 40.7 Å². The molecule has 0 radical (unpaired) electrons. The number of aryl methyl sites for hydroxylation is 4. The first-order valence-electron chi connectivity index (χ1n) is 9.38. The summed E-state index contributed by atoms with van der Waals surface area (Å²) >= 11 is 0. The molecule has 1 saturated heterocycles. The second-order valence-electron chi connectivity index (χ2n) is 7.25. The molecule has 1 fully saturated rings. The number of rotatable bonds is 3. The molecule has 9 nitrogen and oxygen atoms in total. The number of fused-ring (bicyclic) bond motifs is 1. The topological polar surface area (TPSA) is 98.4 Å². The molecule has 1 amide bonds. The molecule has 0 bridgehead atoms. The van der Waals surface area contributed by atoms with Crippen LogP contribution in [-0.4, -0.2) is 59.6 Å². The van der Waals surface area contributed by atoms with Gasteiger partial charge in [-0.2, -0.15) is 4.98 Å². The monoisotopic (exact) mass is 381 g/mol. The summed E-state index contributed by atoms with van der Waals surface area (Å²) < 4.78 is 7.55. The highest BCUT2D eigenvalue weighted by Gasteiger charge is 2.29. The van der Waals surface area contributed by atoms with Gasteiger partial charge in [-0.1, -0.05) is 0 Å². The van der Waals surface area contributed by atoms with E-state index in [-0.39, 0.29) is 17.8 Å². The summed E-state index contributed by atoms with van der Waals surface area (Å²) in [5.41, 5.74) is 3.45. The van der Waals surface area contributed by atoms with E-state index in [1.165, 1.54) is 0 Å². The fourth-order valence-electron chi connectivity index (χ4n) is 3.51. The van der Waals surface area contributed by atoms with Crippen LogP contribution in [0.1, 0.15) is 46.2 Å². The van der Waals surface area contributed by atoms with Gasteiger partial charge in [0.2, 0.25) is 5.82 Å². The molecule has 1 unspecified atom stereocenters. The van der Waals surface area contributed by atoms with Gasteiger partial charge in [-0.3, -0.25) is 4.79 Å². The zero-order chi connectivity index (χ0) is 19.8. The van der Waals surface area contributed by atoms with E-state index in [0.29, 0.717) is 24.9 Å². The number of carbonyl (C=O) groups is 1. The lowest BCUT2D eigenvalue weighted by molar-refractivity contribution is 0.0504. The molecule has 1 atom stereocenters. The van der Waals surface area contributed by atoms with E-state index in [1.807, 2.05) is 39.8 Å². The fourth-order valence-corrected chi connectivity index (χ4v) is 3.51. The highest BCUT2D eigenvalue weighted by molar-refractivity contribution is 5.91. The maximum absolute atomic E-state index is 12.9. The number of hydrogen-bond donors (Lipinski definition) is 0. The number of likely N-dealkylation sites (tertiary alicyclic amines) is 1. The molecule has 0 aliphatic carbocycles. The van der Waals surface area contributed by atoms with Crippen molar-refractivity contribution in [2.75, 3.05) is 13.1 Å². The molecular formula is C19H23N7O2. The lowest BCUT2D eigenvalue weighted by Crippen LogP contribution is -2.45. The lowest BCUT2D eigenvalue weighted by Gasteiger charge is -2.31. The van der Waals surface area contributed by atoms with Crippen LogP contribution in [-0.2, 0) is 0 Å². The molecule has 0 aromatic carbocycles. The second-order valence-corrected chi connectivity index (χ2v) is 7.25. The third-order valence-electron chi connectivity index (χ3n) is 4.71. The molecule has 28 heavy (non-hydrogen) atoms. The summed E-state index contributed by atoms with van der Waals surface area (Å²) in [6.45, 7) is 8.73. The van der Waals surface area contributed by atoms with Crippen molar-refractivity contribution in [2.45, 2.75) is 46.6 Å². The third-order valence-corrected chi connectivity index (χ3v) is 4.71. The summed E-state index contributed by atoms with van der Waals surface area (Å²) in [7, 11) is 0. The van der Waals surface area contributed by atoms with Gasteiger partial charge in [-0.05, 0) is 52.7 Å². The minimum absolute atomic E-state index is 0.155. The predicted octanol–water partition coefficient (Wildman–Crippen LogP) is 1.83. The van der Waals surface area contributed by atoms with Crippen LogP contribution in [0.2, 0.25) is 0 Å². The van der Waals surface area contributed by atoms with Crippen molar-refractivity contribution in [3.63, 3.8) is 0 Å². The highest BCUT2D eigenvalue weighted by atomic mass is 16.5. The molecule has 1 aliphatic rings. The molecule has 146 valence electrons. The van der Waals surface area contributed by atoms with Crippen molar-refractivity contribution in [1.29, 1.82) is 0 Å². The van der Waals surface area contributed by atoms with Gasteiger partial charge >= 0.3 is 6.01 Å². The van der Waals surface area contributed by atoms with E-state index < -0.39 is 0 Å². The van der Waals surface area contributed by atoms with Gasteiger partial charge in [0.25, 0.3) is 11.7 Å². The number of hydrogen-bond acceptors (Lipinski definition) is 7. The van der Waals surface area contributed by atoms with Gasteiger partial charge in [0.05, 0.1) is 6.54 Å². The molecule has 3 aromatic heterocycles. The Morgan fingerprint density at radius 3 is 2.50 bits per heavy atom. The van der Waals surface area contributed by atoms with Crippen LogP contribution < -0.4 is 4.74 Å². The van der Waals surface area contributed by atoms with Crippen LogP contribution in [0.3, 0.4) is 0 Å². The minimum atomic E-state index is -0.211. The highest BCUT2D eigenvalue weighted by Crippen LogP contribution is 2.18.